The Morgan fingerprint density at radius 1 is 0.791 bits per heavy atom. The van der Waals surface area contributed by atoms with Crippen LogP contribution in [0.4, 0.5) is 11.4 Å². The van der Waals surface area contributed by atoms with Crippen LogP contribution in [-0.2, 0) is 14.8 Å². The number of benzene rings is 2. The predicted molar refractivity (Wildman–Crippen MR) is 170 cm³/mol. The quantitative estimate of drug-likeness (QED) is 0.0516. The number of aryl methyl sites for hydroxylation is 1. The lowest BCUT2D eigenvalue weighted by Crippen LogP contribution is -2.16. The van der Waals surface area contributed by atoms with Crippen molar-refractivity contribution in [3.8, 4) is 17.2 Å². The van der Waals surface area contributed by atoms with Crippen molar-refractivity contribution < 1.29 is 32.7 Å². The number of hydrogen-bond donors (Lipinski definition) is 2. The molecule has 0 unspecified atom stereocenters. The van der Waals surface area contributed by atoms with Gasteiger partial charge in [-0.25, -0.2) is 8.42 Å². The van der Waals surface area contributed by atoms with Crippen molar-refractivity contribution in [3.05, 3.63) is 46.0 Å². The summed E-state index contributed by atoms with van der Waals surface area (Å²) in [5.74, 6) is 0.0778. The van der Waals surface area contributed by atoms with Crippen LogP contribution in [-0.4, -0.2) is 45.4 Å². The highest BCUT2D eigenvalue weighted by Gasteiger charge is 2.25. The van der Waals surface area contributed by atoms with E-state index in [0.29, 0.717) is 17.9 Å². The number of phenols is 1. The molecule has 0 aromatic heterocycles. The topological polar surface area (TPSA) is 137 Å². The number of anilines is 1. The second-order valence-electron chi connectivity index (χ2n) is 10.9. The molecule has 0 aliphatic carbocycles. The summed E-state index contributed by atoms with van der Waals surface area (Å²) >= 11 is 0. The highest BCUT2D eigenvalue weighted by molar-refractivity contribution is 7.92. The first kappa shape index (κ1) is 36.1. The zero-order valence-electron chi connectivity index (χ0n) is 26.1. The van der Waals surface area contributed by atoms with Crippen molar-refractivity contribution >= 4 is 21.4 Å². The average Bonchev–Trinajstić information content (AvgIpc) is 2.97. The number of rotatable bonds is 24. The zero-order chi connectivity index (χ0) is 31.5. The molecule has 2 N–H and O–H groups in total. The van der Waals surface area contributed by atoms with Gasteiger partial charge in [-0.15, -0.1) is 0 Å². The number of nitrogens with zero attached hydrogens (tertiary/aromatic N) is 1. The zero-order valence-corrected chi connectivity index (χ0v) is 26.9. The summed E-state index contributed by atoms with van der Waals surface area (Å²) in [4.78, 5) is 10.2. The first-order valence-electron chi connectivity index (χ1n) is 15.6. The highest BCUT2D eigenvalue weighted by atomic mass is 32.2. The molecule has 0 radical (unpaired) electrons. The normalized spacial score (nSPS) is 11.4. The highest BCUT2D eigenvalue weighted by Crippen LogP contribution is 2.36. The van der Waals surface area contributed by atoms with Crippen LogP contribution >= 0.6 is 0 Å². The third-order valence-corrected chi connectivity index (χ3v) is 8.65. The summed E-state index contributed by atoms with van der Waals surface area (Å²) in [7, 11) is -2.91. The van der Waals surface area contributed by atoms with E-state index in [0.717, 1.165) is 31.4 Å². The molecule has 2 rings (SSSR count). The van der Waals surface area contributed by atoms with E-state index >= 15 is 0 Å². The summed E-state index contributed by atoms with van der Waals surface area (Å²) in [6.07, 6.45) is 17.7. The second kappa shape index (κ2) is 20.0. The van der Waals surface area contributed by atoms with Crippen molar-refractivity contribution in [2.75, 3.05) is 31.7 Å². The number of nitro groups is 1. The van der Waals surface area contributed by atoms with Crippen LogP contribution in [0.2, 0.25) is 0 Å². The Morgan fingerprint density at radius 3 is 1.91 bits per heavy atom. The molecule has 43 heavy (non-hydrogen) atoms. The molecular formula is C32H50N2O8S. The minimum atomic E-state index is -4.38. The van der Waals surface area contributed by atoms with Crippen LogP contribution in [0.25, 0.3) is 0 Å². The molecule has 242 valence electrons. The summed E-state index contributed by atoms with van der Waals surface area (Å²) < 4.78 is 45.3. The maximum atomic E-state index is 13.3. The summed E-state index contributed by atoms with van der Waals surface area (Å²) in [6.45, 7) is 4.73. The molecule has 0 heterocycles. The first-order chi connectivity index (χ1) is 20.7. The van der Waals surface area contributed by atoms with E-state index in [1.165, 1.54) is 95.9 Å². The number of nitrogens with one attached hydrogen (secondary N) is 1. The fourth-order valence-corrected chi connectivity index (χ4v) is 5.99. The SMILES string of the molecule is CCCCCCCCCCCCCCCCOc1cc(NS(=O)(=O)c2cc([N+](=O)[O-])ccc2OCCOC)c(O)cc1C. The molecular weight excluding hydrogens is 572 g/mol. The van der Waals surface area contributed by atoms with Crippen molar-refractivity contribution in [1.82, 2.24) is 0 Å². The molecule has 0 fully saturated rings. The smallest absolute Gasteiger partial charge is 0.271 e. The molecule has 0 saturated carbocycles. The van der Waals surface area contributed by atoms with Gasteiger partial charge in [-0.1, -0.05) is 90.4 Å². The largest absolute Gasteiger partial charge is 0.506 e. The Morgan fingerprint density at radius 2 is 1.35 bits per heavy atom. The van der Waals surface area contributed by atoms with Crippen molar-refractivity contribution in [2.24, 2.45) is 0 Å². The van der Waals surface area contributed by atoms with Crippen molar-refractivity contribution in [2.45, 2.75) is 109 Å². The van der Waals surface area contributed by atoms with Crippen molar-refractivity contribution in [1.29, 1.82) is 0 Å². The van der Waals surface area contributed by atoms with E-state index in [2.05, 4.69) is 11.6 Å². The molecule has 0 amide bonds. The Labute approximate surface area is 257 Å². The standard InChI is InChI=1S/C32H50N2O8S/c1-4-5-6-7-8-9-10-11-12-13-14-15-16-17-20-41-31-25-28(29(35)23-26(31)2)33-43(38,39)32-24-27(34(36)37)18-19-30(32)42-22-21-40-3/h18-19,23-25,33,35H,4-17,20-22H2,1-3H3. The number of hydrogen-bond acceptors (Lipinski definition) is 8. The van der Waals surface area contributed by atoms with E-state index in [1.807, 2.05) is 0 Å². The Bertz CT molecular complexity index is 1220. The Hall–Kier alpha value is -3.05. The van der Waals surface area contributed by atoms with Crippen LogP contribution in [0.15, 0.2) is 35.2 Å². The van der Waals surface area contributed by atoms with Gasteiger partial charge in [-0.05, 0) is 31.0 Å². The minimum Gasteiger partial charge on any atom is -0.506 e. The minimum absolute atomic E-state index is 0.0455. The van der Waals surface area contributed by atoms with Gasteiger partial charge in [0.2, 0.25) is 0 Å². The van der Waals surface area contributed by atoms with Gasteiger partial charge in [-0.2, -0.15) is 0 Å². The Kier molecular flexibility index (Phi) is 16.8. The summed E-state index contributed by atoms with van der Waals surface area (Å²) in [6, 6.07) is 6.15. The van der Waals surface area contributed by atoms with Crippen molar-refractivity contribution in [3.63, 3.8) is 0 Å². The van der Waals surface area contributed by atoms with E-state index < -0.39 is 25.5 Å². The van der Waals surface area contributed by atoms with Gasteiger partial charge in [0.15, 0.2) is 0 Å². The van der Waals surface area contributed by atoms with Crippen LogP contribution in [0.1, 0.15) is 102 Å². The number of phenolic OH excluding ortho intramolecular Hbond substituents is 1. The van der Waals surface area contributed by atoms with Gasteiger partial charge in [0, 0.05) is 25.3 Å². The van der Waals surface area contributed by atoms with Crippen LogP contribution in [0, 0.1) is 17.0 Å². The van der Waals surface area contributed by atoms with E-state index in [9.17, 15) is 23.6 Å². The van der Waals surface area contributed by atoms with Gasteiger partial charge in [0.05, 0.1) is 23.8 Å². The van der Waals surface area contributed by atoms with Gasteiger partial charge < -0.3 is 19.3 Å². The number of unbranched alkanes of at least 4 members (excludes halogenated alkanes) is 13. The van der Waals surface area contributed by atoms with E-state index in [4.69, 9.17) is 14.2 Å². The second-order valence-corrected chi connectivity index (χ2v) is 12.6. The number of nitro benzene ring substituents is 1. The van der Waals surface area contributed by atoms with E-state index in [-0.39, 0.29) is 30.4 Å². The van der Waals surface area contributed by atoms with Crippen LogP contribution in [0.5, 0.6) is 17.2 Å². The fraction of sp³-hybridized carbons (Fsp3) is 0.625. The lowest BCUT2D eigenvalue weighted by Gasteiger charge is -2.16. The molecule has 11 heteroatoms. The lowest BCUT2D eigenvalue weighted by atomic mass is 10.0. The summed E-state index contributed by atoms with van der Waals surface area (Å²) in [5.41, 5.74) is 0.144. The monoisotopic (exact) mass is 622 g/mol. The fourth-order valence-electron chi connectivity index (χ4n) is 4.76. The lowest BCUT2D eigenvalue weighted by molar-refractivity contribution is -0.385. The number of ether oxygens (including phenoxy) is 3. The molecule has 0 bridgehead atoms. The van der Waals surface area contributed by atoms with Gasteiger partial charge in [0.25, 0.3) is 15.7 Å². The summed E-state index contributed by atoms with van der Waals surface area (Å²) in [5, 5.41) is 21.8. The van der Waals surface area contributed by atoms with Gasteiger partial charge in [0.1, 0.15) is 28.8 Å². The maximum Gasteiger partial charge on any atom is 0.271 e. The molecule has 0 spiro atoms. The molecule has 10 nitrogen and oxygen atoms in total. The number of aromatic hydroxyl groups is 1. The maximum absolute atomic E-state index is 13.3. The van der Waals surface area contributed by atoms with Gasteiger partial charge >= 0.3 is 0 Å². The first-order valence-corrected chi connectivity index (χ1v) is 17.1. The van der Waals surface area contributed by atoms with Crippen LogP contribution < -0.4 is 14.2 Å². The molecule has 0 aliphatic heterocycles. The number of non-ortho nitro benzene ring substituents is 1. The molecule has 2 aromatic carbocycles. The third kappa shape index (κ3) is 13.4. The number of sulfonamides is 1. The van der Waals surface area contributed by atoms with Gasteiger partial charge in [-0.3, -0.25) is 14.8 Å². The molecule has 0 aliphatic rings. The third-order valence-electron chi connectivity index (χ3n) is 7.27. The number of methoxy groups -OCH3 is 1. The predicted octanol–water partition coefficient (Wildman–Crippen LogP) is 8.29. The molecule has 2 aromatic rings. The van der Waals surface area contributed by atoms with Crippen LogP contribution in [0.3, 0.4) is 0 Å². The molecule has 0 atom stereocenters. The Balaban J connectivity index is 1.85. The molecule has 0 saturated heterocycles. The van der Waals surface area contributed by atoms with E-state index in [1.54, 1.807) is 6.92 Å². The average molecular weight is 623 g/mol.